The number of benzene rings is 1. The van der Waals surface area contributed by atoms with Crippen molar-refractivity contribution in [3.63, 3.8) is 0 Å². The van der Waals surface area contributed by atoms with Gasteiger partial charge in [-0.05, 0) is 19.9 Å². The van der Waals surface area contributed by atoms with Crippen LogP contribution in [0.5, 0.6) is 0 Å². The molecule has 1 amide bonds. The Morgan fingerprint density at radius 1 is 1.45 bits per heavy atom. The number of rotatable bonds is 5. The maximum Gasteiger partial charge on any atom is 0.270 e. The minimum absolute atomic E-state index is 0.0662. The van der Waals surface area contributed by atoms with Crippen LogP contribution in [-0.2, 0) is 6.42 Å². The van der Waals surface area contributed by atoms with E-state index in [1.807, 2.05) is 13.8 Å². The second-order valence-corrected chi connectivity index (χ2v) is 6.36. The van der Waals surface area contributed by atoms with Crippen LogP contribution in [0, 0.1) is 24.0 Å². The summed E-state index contributed by atoms with van der Waals surface area (Å²) in [4.78, 5) is 27.6. The molecule has 116 valence electrons. The Morgan fingerprint density at radius 3 is 2.73 bits per heavy atom. The van der Waals surface area contributed by atoms with Gasteiger partial charge in [-0.1, -0.05) is 11.6 Å². The molecule has 0 radical (unpaired) electrons. The van der Waals surface area contributed by atoms with E-state index in [4.69, 9.17) is 11.6 Å². The van der Waals surface area contributed by atoms with Crippen LogP contribution in [0.4, 0.5) is 5.69 Å². The first-order valence-corrected chi connectivity index (χ1v) is 7.73. The molecule has 0 saturated heterocycles. The third-order valence-electron chi connectivity index (χ3n) is 3.05. The van der Waals surface area contributed by atoms with E-state index < -0.39 is 4.92 Å². The molecule has 6 nitrogen and oxygen atoms in total. The van der Waals surface area contributed by atoms with Crippen molar-refractivity contribution in [1.82, 2.24) is 10.3 Å². The highest BCUT2D eigenvalue weighted by Crippen LogP contribution is 2.22. The first-order valence-electron chi connectivity index (χ1n) is 6.53. The topological polar surface area (TPSA) is 85.1 Å². The van der Waals surface area contributed by atoms with Crippen LogP contribution >= 0.6 is 22.9 Å². The average Bonchev–Trinajstić information content (AvgIpc) is 2.76. The number of carbonyl (C=O) groups excluding carboxylic acids is 1. The zero-order valence-electron chi connectivity index (χ0n) is 12.1. The smallest absolute Gasteiger partial charge is 0.270 e. The molecule has 1 aromatic carbocycles. The van der Waals surface area contributed by atoms with E-state index in [2.05, 4.69) is 10.3 Å². The Kier molecular flexibility index (Phi) is 5.10. The Bertz CT molecular complexity index is 730. The summed E-state index contributed by atoms with van der Waals surface area (Å²) in [5.41, 5.74) is 1.06. The number of nitrogens with one attached hydrogen (secondary N) is 1. The summed E-state index contributed by atoms with van der Waals surface area (Å²) in [5, 5.41) is 14.5. The van der Waals surface area contributed by atoms with Crippen LogP contribution in [0.2, 0.25) is 5.02 Å². The van der Waals surface area contributed by atoms with Crippen LogP contribution in [0.15, 0.2) is 18.2 Å². The van der Waals surface area contributed by atoms with Gasteiger partial charge in [0.25, 0.3) is 11.6 Å². The van der Waals surface area contributed by atoms with Gasteiger partial charge in [-0.15, -0.1) is 11.3 Å². The van der Waals surface area contributed by atoms with Crippen LogP contribution in [0.25, 0.3) is 0 Å². The van der Waals surface area contributed by atoms with Gasteiger partial charge in [-0.3, -0.25) is 14.9 Å². The zero-order valence-corrected chi connectivity index (χ0v) is 13.6. The number of hydrogen-bond acceptors (Lipinski definition) is 5. The summed E-state index contributed by atoms with van der Waals surface area (Å²) in [6.45, 7) is 4.33. The molecule has 0 aliphatic heterocycles. The Hall–Kier alpha value is -1.99. The number of hydrogen-bond donors (Lipinski definition) is 1. The third-order valence-corrected chi connectivity index (χ3v) is 4.49. The lowest BCUT2D eigenvalue weighted by Crippen LogP contribution is -2.25. The maximum absolute atomic E-state index is 12.0. The lowest BCUT2D eigenvalue weighted by Gasteiger charge is -2.06. The SMILES string of the molecule is Cc1nc(C)c(CCNC(=O)c2ccc([N+](=O)[O-])cc2Cl)s1. The number of aromatic nitrogens is 1. The van der Waals surface area contributed by atoms with Gasteiger partial charge in [0.05, 0.1) is 26.2 Å². The van der Waals surface area contributed by atoms with Crippen molar-refractivity contribution in [3.05, 3.63) is 54.5 Å². The van der Waals surface area contributed by atoms with Crippen molar-refractivity contribution in [2.75, 3.05) is 6.54 Å². The minimum atomic E-state index is -0.553. The number of aryl methyl sites for hydroxylation is 2. The number of nitro groups is 1. The molecular formula is C14H14ClN3O3S. The lowest BCUT2D eigenvalue weighted by molar-refractivity contribution is -0.384. The van der Waals surface area contributed by atoms with Gasteiger partial charge in [-0.2, -0.15) is 0 Å². The van der Waals surface area contributed by atoms with Crippen molar-refractivity contribution in [2.45, 2.75) is 20.3 Å². The van der Waals surface area contributed by atoms with E-state index in [1.165, 1.54) is 18.2 Å². The second kappa shape index (κ2) is 6.85. The molecule has 0 fully saturated rings. The number of nitro benzene ring substituents is 1. The minimum Gasteiger partial charge on any atom is -0.352 e. The summed E-state index contributed by atoms with van der Waals surface area (Å²) in [5.74, 6) is -0.348. The monoisotopic (exact) mass is 339 g/mol. The van der Waals surface area contributed by atoms with Gasteiger partial charge in [0, 0.05) is 30.0 Å². The van der Waals surface area contributed by atoms with Gasteiger partial charge in [0.1, 0.15) is 0 Å². The molecule has 0 aliphatic rings. The molecule has 22 heavy (non-hydrogen) atoms. The Balaban J connectivity index is 1.98. The van der Waals surface area contributed by atoms with E-state index in [1.54, 1.807) is 11.3 Å². The number of nitrogens with zero attached hydrogens (tertiary/aromatic N) is 2. The van der Waals surface area contributed by atoms with E-state index in [0.717, 1.165) is 15.6 Å². The Labute approximate surface area is 136 Å². The molecular weight excluding hydrogens is 326 g/mol. The van der Waals surface area contributed by atoms with Gasteiger partial charge < -0.3 is 5.32 Å². The predicted molar refractivity (Wildman–Crippen MR) is 85.7 cm³/mol. The van der Waals surface area contributed by atoms with Crippen LogP contribution in [-0.4, -0.2) is 22.4 Å². The first kappa shape index (κ1) is 16.4. The molecule has 1 heterocycles. The first-order chi connectivity index (χ1) is 10.4. The number of non-ortho nitro benzene ring substituents is 1. The molecule has 0 aliphatic carbocycles. The predicted octanol–water partition coefficient (Wildman–Crippen LogP) is 3.29. The highest BCUT2D eigenvalue weighted by atomic mass is 35.5. The fourth-order valence-electron chi connectivity index (χ4n) is 1.99. The van der Waals surface area contributed by atoms with Crippen LogP contribution in [0.1, 0.15) is 25.9 Å². The molecule has 1 aromatic heterocycles. The third kappa shape index (κ3) is 3.80. The maximum atomic E-state index is 12.0. The molecule has 2 aromatic rings. The number of amides is 1. The highest BCUT2D eigenvalue weighted by Gasteiger charge is 2.15. The molecule has 0 spiro atoms. The Morgan fingerprint density at radius 2 is 2.18 bits per heavy atom. The highest BCUT2D eigenvalue weighted by molar-refractivity contribution is 7.11. The standard InChI is InChI=1S/C14H14ClN3O3S/c1-8-13(22-9(2)17-8)5-6-16-14(19)11-4-3-10(18(20)21)7-12(11)15/h3-4,7H,5-6H2,1-2H3,(H,16,19). The molecule has 0 bridgehead atoms. The van der Waals surface area contributed by atoms with E-state index in [0.29, 0.717) is 13.0 Å². The largest absolute Gasteiger partial charge is 0.352 e. The van der Waals surface area contributed by atoms with Crippen molar-refractivity contribution >= 4 is 34.5 Å². The van der Waals surface area contributed by atoms with Crippen molar-refractivity contribution in [2.24, 2.45) is 0 Å². The lowest BCUT2D eigenvalue weighted by atomic mass is 10.2. The molecule has 1 N–H and O–H groups in total. The summed E-state index contributed by atoms with van der Waals surface area (Å²) in [6, 6.07) is 3.79. The van der Waals surface area contributed by atoms with Crippen molar-refractivity contribution < 1.29 is 9.72 Å². The number of halogens is 1. The van der Waals surface area contributed by atoms with Gasteiger partial charge in [0.15, 0.2) is 0 Å². The van der Waals surface area contributed by atoms with Gasteiger partial charge >= 0.3 is 0 Å². The fraction of sp³-hybridized carbons (Fsp3) is 0.286. The van der Waals surface area contributed by atoms with E-state index in [-0.39, 0.29) is 22.2 Å². The van der Waals surface area contributed by atoms with Gasteiger partial charge in [0.2, 0.25) is 0 Å². The number of thiazole rings is 1. The summed E-state index contributed by atoms with van der Waals surface area (Å²) in [7, 11) is 0. The second-order valence-electron chi connectivity index (χ2n) is 4.67. The van der Waals surface area contributed by atoms with Crippen molar-refractivity contribution in [3.8, 4) is 0 Å². The van der Waals surface area contributed by atoms with E-state index >= 15 is 0 Å². The fourth-order valence-corrected chi connectivity index (χ4v) is 3.19. The zero-order chi connectivity index (χ0) is 16.3. The molecule has 2 rings (SSSR count). The molecule has 0 atom stereocenters. The van der Waals surface area contributed by atoms with Crippen LogP contribution < -0.4 is 5.32 Å². The summed E-state index contributed by atoms with van der Waals surface area (Å²) in [6.07, 6.45) is 0.688. The summed E-state index contributed by atoms with van der Waals surface area (Å²) < 4.78 is 0. The molecule has 8 heteroatoms. The average molecular weight is 340 g/mol. The molecule has 0 saturated carbocycles. The van der Waals surface area contributed by atoms with E-state index in [9.17, 15) is 14.9 Å². The van der Waals surface area contributed by atoms with Crippen molar-refractivity contribution in [1.29, 1.82) is 0 Å². The number of carbonyl (C=O) groups is 1. The van der Waals surface area contributed by atoms with Gasteiger partial charge in [-0.25, -0.2) is 4.98 Å². The summed E-state index contributed by atoms with van der Waals surface area (Å²) >= 11 is 7.53. The quantitative estimate of drug-likeness (QED) is 0.669. The van der Waals surface area contributed by atoms with Crippen LogP contribution in [0.3, 0.4) is 0 Å². The normalized spacial score (nSPS) is 10.5. The molecule has 0 unspecified atom stereocenters.